The van der Waals surface area contributed by atoms with E-state index in [1.807, 2.05) is 26.1 Å². The first kappa shape index (κ1) is 17.1. The molecule has 1 aromatic rings. The van der Waals surface area contributed by atoms with E-state index in [2.05, 4.69) is 10.0 Å². The lowest BCUT2D eigenvalue weighted by molar-refractivity contribution is 0.122. The Morgan fingerprint density at radius 1 is 1.25 bits per heavy atom. The number of sulfonamides is 1. The Morgan fingerprint density at radius 2 is 1.90 bits per heavy atom. The summed E-state index contributed by atoms with van der Waals surface area (Å²) < 4.78 is 31.7. The Morgan fingerprint density at radius 3 is 2.45 bits per heavy atom. The van der Waals surface area contributed by atoms with Gasteiger partial charge in [-0.05, 0) is 51.1 Å². The van der Waals surface area contributed by atoms with Crippen LogP contribution < -0.4 is 10.0 Å². The molecule has 0 bridgehead atoms. The lowest BCUT2D eigenvalue weighted by Crippen LogP contribution is -2.31. The molecule has 0 aromatic heterocycles. The summed E-state index contributed by atoms with van der Waals surface area (Å²) in [5, 5.41) is 3.09. The zero-order chi connectivity index (χ0) is 15.0. The first-order valence-corrected chi connectivity index (χ1v) is 8.24. The molecule has 0 saturated heterocycles. The lowest BCUT2D eigenvalue weighted by atomic mass is 10.1. The van der Waals surface area contributed by atoms with E-state index < -0.39 is 10.0 Å². The molecule has 0 aliphatic carbocycles. The minimum absolute atomic E-state index is 0.148. The maximum absolute atomic E-state index is 12.0. The van der Waals surface area contributed by atoms with Gasteiger partial charge in [-0.3, -0.25) is 0 Å². The van der Waals surface area contributed by atoms with Gasteiger partial charge in [-0.2, -0.15) is 0 Å². The zero-order valence-corrected chi connectivity index (χ0v) is 13.2. The molecule has 0 aliphatic heterocycles. The molecule has 1 rings (SSSR count). The minimum atomic E-state index is -3.45. The Kier molecular flexibility index (Phi) is 7.15. The Labute approximate surface area is 121 Å². The fourth-order valence-electron chi connectivity index (χ4n) is 1.70. The van der Waals surface area contributed by atoms with Crippen LogP contribution >= 0.6 is 0 Å². The van der Waals surface area contributed by atoms with E-state index in [9.17, 15) is 8.42 Å². The van der Waals surface area contributed by atoms with Crippen LogP contribution in [0.2, 0.25) is 0 Å². The van der Waals surface area contributed by atoms with E-state index in [4.69, 9.17) is 4.74 Å². The average Bonchev–Trinajstić information content (AvgIpc) is 2.45. The van der Waals surface area contributed by atoms with Gasteiger partial charge in [-0.15, -0.1) is 0 Å². The normalized spacial score (nSPS) is 13.3. The number of hydrogen-bond donors (Lipinski definition) is 2. The highest BCUT2D eigenvalue weighted by Gasteiger charge is 2.14. The molecule has 1 aromatic carbocycles. The number of hydrogen-bond acceptors (Lipinski definition) is 4. The largest absolute Gasteiger partial charge is 0.380 e. The van der Waals surface area contributed by atoms with Gasteiger partial charge in [-0.1, -0.05) is 12.1 Å². The summed E-state index contributed by atoms with van der Waals surface area (Å²) in [7, 11) is 0.0238. The molecule has 5 nitrogen and oxygen atoms in total. The Balaban J connectivity index is 2.62. The van der Waals surface area contributed by atoms with Crippen LogP contribution in [0.5, 0.6) is 0 Å². The van der Waals surface area contributed by atoms with E-state index in [0.29, 0.717) is 0 Å². The number of aryl methyl sites for hydroxylation is 1. The summed E-state index contributed by atoms with van der Waals surface area (Å²) in [4.78, 5) is 0.290. The van der Waals surface area contributed by atoms with Gasteiger partial charge in [0.1, 0.15) is 0 Å². The molecular formula is C14H24N2O3S. The van der Waals surface area contributed by atoms with Crippen molar-refractivity contribution in [2.24, 2.45) is 0 Å². The molecule has 6 heteroatoms. The highest BCUT2D eigenvalue weighted by Crippen LogP contribution is 2.11. The number of ether oxygens (including phenoxy) is 1. The second-order valence-electron chi connectivity index (χ2n) is 4.75. The molecule has 0 fully saturated rings. The van der Waals surface area contributed by atoms with Crippen molar-refractivity contribution in [2.75, 3.05) is 27.2 Å². The van der Waals surface area contributed by atoms with Crippen molar-refractivity contribution in [3.05, 3.63) is 29.8 Å². The number of methoxy groups -OCH3 is 1. The van der Waals surface area contributed by atoms with Crippen molar-refractivity contribution < 1.29 is 13.2 Å². The maximum Gasteiger partial charge on any atom is 0.240 e. The van der Waals surface area contributed by atoms with Crippen LogP contribution in [0.25, 0.3) is 0 Å². The van der Waals surface area contributed by atoms with Crippen LogP contribution in [0.1, 0.15) is 18.9 Å². The Bertz CT molecular complexity index is 486. The van der Waals surface area contributed by atoms with Crippen molar-refractivity contribution in [3.8, 4) is 0 Å². The van der Waals surface area contributed by atoms with Crippen LogP contribution in [0.3, 0.4) is 0 Å². The highest BCUT2D eigenvalue weighted by molar-refractivity contribution is 7.89. The highest BCUT2D eigenvalue weighted by atomic mass is 32.2. The van der Waals surface area contributed by atoms with Gasteiger partial charge < -0.3 is 10.1 Å². The first-order chi connectivity index (χ1) is 9.49. The average molecular weight is 300 g/mol. The molecule has 0 aliphatic rings. The maximum atomic E-state index is 12.0. The second kappa shape index (κ2) is 8.36. The Hall–Kier alpha value is -0.950. The first-order valence-electron chi connectivity index (χ1n) is 6.75. The summed E-state index contributed by atoms with van der Waals surface area (Å²) in [6, 6.07) is 7.02. The molecule has 2 N–H and O–H groups in total. The van der Waals surface area contributed by atoms with Crippen LogP contribution in [0.4, 0.5) is 0 Å². The molecule has 20 heavy (non-hydrogen) atoms. The van der Waals surface area contributed by atoms with Crippen molar-refractivity contribution in [1.29, 1.82) is 0 Å². The molecule has 0 radical (unpaired) electrons. The van der Waals surface area contributed by atoms with Gasteiger partial charge in [0.25, 0.3) is 0 Å². The van der Waals surface area contributed by atoms with Gasteiger partial charge in [0.15, 0.2) is 0 Å². The molecule has 0 heterocycles. The molecular weight excluding hydrogens is 276 g/mol. The van der Waals surface area contributed by atoms with Crippen molar-refractivity contribution in [1.82, 2.24) is 10.0 Å². The summed E-state index contributed by atoms with van der Waals surface area (Å²) >= 11 is 0. The number of rotatable bonds is 9. The van der Waals surface area contributed by atoms with Crippen LogP contribution in [0.15, 0.2) is 29.2 Å². The molecule has 114 valence electrons. The SMILES string of the molecule is CNCCCc1ccc(S(=O)(=O)NCC(C)OC)cc1. The number of benzene rings is 1. The molecule has 1 unspecified atom stereocenters. The zero-order valence-electron chi connectivity index (χ0n) is 12.3. The van der Waals surface area contributed by atoms with E-state index in [0.717, 1.165) is 24.9 Å². The molecule has 0 amide bonds. The van der Waals surface area contributed by atoms with Crippen LogP contribution in [-0.2, 0) is 21.2 Å². The lowest BCUT2D eigenvalue weighted by Gasteiger charge is -2.11. The van der Waals surface area contributed by atoms with Crippen molar-refractivity contribution in [3.63, 3.8) is 0 Å². The van der Waals surface area contributed by atoms with Crippen molar-refractivity contribution in [2.45, 2.75) is 30.8 Å². The van der Waals surface area contributed by atoms with Gasteiger partial charge >= 0.3 is 0 Å². The minimum Gasteiger partial charge on any atom is -0.380 e. The molecule has 0 saturated carbocycles. The van der Waals surface area contributed by atoms with E-state index >= 15 is 0 Å². The van der Waals surface area contributed by atoms with E-state index in [-0.39, 0.29) is 17.5 Å². The van der Waals surface area contributed by atoms with Gasteiger partial charge in [-0.25, -0.2) is 13.1 Å². The fourth-order valence-corrected chi connectivity index (χ4v) is 2.81. The number of nitrogens with one attached hydrogen (secondary N) is 2. The van der Waals surface area contributed by atoms with Crippen molar-refractivity contribution >= 4 is 10.0 Å². The predicted octanol–water partition coefficient (Wildman–Crippen LogP) is 1.15. The van der Waals surface area contributed by atoms with E-state index in [1.165, 1.54) is 0 Å². The molecule has 1 atom stereocenters. The van der Waals surface area contributed by atoms with Crippen LogP contribution in [0, 0.1) is 0 Å². The van der Waals surface area contributed by atoms with Crippen LogP contribution in [-0.4, -0.2) is 41.8 Å². The molecule has 0 spiro atoms. The summed E-state index contributed by atoms with van der Waals surface area (Å²) in [5.41, 5.74) is 1.14. The third-order valence-corrected chi connectivity index (χ3v) is 4.53. The smallest absolute Gasteiger partial charge is 0.240 e. The standard InChI is InChI=1S/C14H24N2O3S/c1-12(19-3)11-16-20(17,18)14-8-6-13(7-9-14)5-4-10-15-2/h6-9,12,15-16H,4-5,10-11H2,1-3H3. The fraction of sp³-hybridized carbons (Fsp3) is 0.571. The third-order valence-electron chi connectivity index (χ3n) is 3.09. The third kappa shape index (κ3) is 5.58. The summed E-state index contributed by atoms with van der Waals surface area (Å²) in [6.45, 7) is 3.03. The van der Waals surface area contributed by atoms with Gasteiger partial charge in [0, 0.05) is 13.7 Å². The van der Waals surface area contributed by atoms with Gasteiger partial charge in [0.05, 0.1) is 11.0 Å². The second-order valence-corrected chi connectivity index (χ2v) is 6.52. The topological polar surface area (TPSA) is 67.4 Å². The quantitative estimate of drug-likeness (QED) is 0.671. The monoisotopic (exact) mass is 300 g/mol. The van der Waals surface area contributed by atoms with Gasteiger partial charge in [0.2, 0.25) is 10.0 Å². The van der Waals surface area contributed by atoms with E-state index in [1.54, 1.807) is 19.2 Å². The predicted molar refractivity (Wildman–Crippen MR) is 80.3 cm³/mol. The summed E-state index contributed by atoms with van der Waals surface area (Å²) in [5.74, 6) is 0. The summed E-state index contributed by atoms with van der Waals surface area (Å²) in [6.07, 6.45) is 1.83.